The minimum atomic E-state index is -0.537. The van der Waals surface area contributed by atoms with Gasteiger partial charge in [-0.1, -0.05) is 57.1 Å². The van der Waals surface area contributed by atoms with Gasteiger partial charge in [0.2, 0.25) is 5.91 Å². The molecule has 0 radical (unpaired) electrons. The van der Waals surface area contributed by atoms with E-state index < -0.39 is 24.1 Å². The van der Waals surface area contributed by atoms with Gasteiger partial charge >= 0.3 is 11.9 Å². The fourth-order valence-electron chi connectivity index (χ4n) is 3.57. The maximum atomic E-state index is 11.5. The zero-order valence-electron chi connectivity index (χ0n) is 20.5. The maximum absolute atomic E-state index is 11.5. The first-order chi connectivity index (χ1) is 14.8. The highest BCUT2D eigenvalue weighted by molar-refractivity contribution is 5.73. The van der Waals surface area contributed by atoms with Gasteiger partial charge in [-0.25, -0.2) is 0 Å². The lowest BCUT2D eigenvalue weighted by Gasteiger charge is -2.27. The highest BCUT2D eigenvalue weighted by Gasteiger charge is 2.26. The molecule has 0 fully saturated rings. The second kappa shape index (κ2) is 18.9. The summed E-state index contributed by atoms with van der Waals surface area (Å²) in [5.74, 6) is -1.09. The molecule has 0 aromatic heterocycles. The molecule has 0 aliphatic heterocycles. The summed E-state index contributed by atoms with van der Waals surface area (Å²) in [5.41, 5.74) is 1.47. The first-order valence-electron chi connectivity index (χ1n) is 12.0. The van der Waals surface area contributed by atoms with Crippen LogP contribution in [-0.4, -0.2) is 36.6 Å². The molecule has 1 amide bonds. The SMILES string of the molecule is CCCCCCCC/C(C)=C/CCCCC[C@H](OC(C)=O)[C@H](COC(C)=O)NC(C)=O. The zero-order chi connectivity index (χ0) is 23.5. The Bertz CT molecular complexity index is 544. The van der Waals surface area contributed by atoms with Crippen molar-refractivity contribution in [1.29, 1.82) is 0 Å². The highest BCUT2D eigenvalue weighted by atomic mass is 16.6. The molecule has 0 spiro atoms. The molecule has 0 heterocycles. The summed E-state index contributed by atoms with van der Waals surface area (Å²) in [4.78, 5) is 34.2. The van der Waals surface area contributed by atoms with E-state index in [1.54, 1.807) is 0 Å². The van der Waals surface area contributed by atoms with Gasteiger partial charge in [-0.15, -0.1) is 0 Å². The van der Waals surface area contributed by atoms with Crippen LogP contribution >= 0.6 is 0 Å². The van der Waals surface area contributed by atoms with Gasteiger partial charge in [0.1, 0.15) is 12.7 Å². The molecule has 0 aliphatic rings. The van der Waals surface area contributed by atoms with Crippen LogP contribution in [0.25, 0.3) is 0 Å². The van der Waals surface area contributed by atoms with E-state index >= 15 is 0 Å². The van der Waals surface area contributed by atoms with Gasteiger partial charge in [0.05, 0.1) is 6.04 Å². The molecule has 180 valence electrons. The molecule has 0 aliphatic carbocycles. The Morgan fingerprint density at radius 3 is 2.10 bits per heavy atom. The molecule has 0 rings (SSSR count). The monoisotopic (exact) mass is 439 g/mol. The predicted molar refractivity (Wildman–Crippen MR) is 125 cm³/mol. The van der Waals surface area contributed by atoms with E-state index in [-0.39, 0.29) is 12.5 Å². The number of unbranched alkanes of at least 4 members (excludes halogenated alkanes) is 8. The van der Waals surface area contributed by atoms with Crippen molar-refractivity contribution in [1.82, 2.24) is 5.32 Å². The normalized spacial score (nSPS) is 13.4. The van der Waals surface area contributed by atoms with Gasteiger partial charge in [0.15, 0.2) is 0 Å². The van der Waals surface area contributed by atoms with Crippen molar-refractivity contribution < 1.29 is 23.9 Å². The number of amides is 1. The lowest BCUT2D eigenvalue weighted by Crippen LogP contribution is -2.47. The molecule has 0 saturated carbocycles. The first-order valence-corrected chi connectivity index (χ1v) is 12.0. The molecule has 0 aromatic carbocycles. The number of esters is 2. The molecule has 0 aromatic rings. The summed E-state index contributed by atoms with van der Waals surface area (Å²) in [6, 6.07) is -0.537. The van der Waals surface area contributed by atoms with Crippen LogP contribution in [0.3, 0.4) is 0 Å². The fourth-order valence-corrected chi connectivity index (χ4v) is 3.57. The number of hydrogen-bond donors (Lipinski definition) is 1. The van der Waals surface area contributed by atoms with Gasteiger partial charge in [-0.2, -0.15) is 0 Å². The summed E-state index contributed by atoms with van der Waals surface area (Å²) in [7, 11) is 0. The third-order valence-electron chi connectivity index (χ3n) is 5.23. The Hall–Kier alpha value is -1.85. The van der Waals surface area contributed by atoms with E-state index in [1.807, 2.05) is 0 Å². The van der Waals surface area contributed by atoms with E-state index in [4.69, 9.17) is 9.47 Å². The van der Waals surface area contributed by atoms with Gasteiger partial charge < -0.3 is 14.8 Å². The summed E-state index contributed by atoms with van der Waals surface area (Å²) in [6.45, 7) is 8.51. The van der Waals surface area contributed by atoms with Gasteiger partial charge in [0, 0.05) is 20.8 Å². The Morgan fingerprint density at radius 2 is 1.48 bits per heavy atom. The number of hydrogen-bond acceptors (Lipinski definition) is 5. The van der Waals surface area contributed by atoms with Crippen molar-refractivity contribution in [3.8, 4) is 0 Å². The summed E-state index contributed by atoms with van der Waals surface area (Å²) < 4.78 is 10.5. The molecule has 6 nitrogen and oxygen atoms in total. The van der Waals surface area contributed by atoms with Gasteiger partial charge in [0.25, 0.3) is 0 Å². The molecule has 0 saturated heterocycles. The Balaban J connectivity index is 4.29. The fraction of sp³-hybridized carbons (Fsp3) is 0.800. The number of ether oxygens (including phenoxy) is 2. The van der Waals surface area contributed by atoms with Crippen molar-refractivity contribution >= 4 is 17.8 Å². The van der Waals surface area contributed by atoms with Crippen LogP contribution in [-0.2, 0) is 23.9 Å². The Kier molecular flexibility index (Phi) is 17.8. The third-order valence-corrected chi connectivity index (χ3v) is 5.23. The minimum absolute atomic E-state index is 0.00671. The van der Waals surface area contributed by atoms with E-state index in [2.05, 4.69) is 25.2 Å². The van der Waals surface area contributed by atoms with Crippen LogP contribution in [0, 0.1) is 0 Å². The van der Waals surface area contributed by atoms with E-state index in [9.17, 15) is 14.4 Å². The molecule has 1 N–H and O–H groups in total. The molecule has 2 atom stereocenters. The summed E-state index contributed by atoms with van der Waals surface area (Å²) >= 11 is 0. The molecular formula is C25H45NO5. The molecule has 0 unspecified atom stereocenters. The van der Waals surface area contributed by atoms with Crippen molar-refractivity contribution in [3.63, 3.8) is 0 Å². The lowest BCUT2D eigenvalue weighted by molar-refractivity contribution is -0.152. The Morgan fingerprint density at radius 1 is 0.839 bits per heavy atom. The minimum Gasteiger partial charge on any atom is -0.464 e. The van der Waals surface area contributed by atoms with Crippen LogP contribution in [0.4, 0.5) is 0 Å². The molecule has 6 heteroatoms. The molecule has 31 heavy (non-hydrogen) atoms. The lowest BCUT2D eigenvalue weighted by atomic mass is 10.0. The van der Waals surface area contributed by atoms with Crippen molar-refractivity contribution in [3.05, 3.63) is 11.6 Å². The van der Waals surface area contributed by atoms with E-state index in [1.165, 1.54) is 71.3 Å². The second-order valence-corrected chi connectivity index (χ2v) is 8.46. The maximum Gasteiger partial charge on any atom is 0.302 e. The first kappa shape index (κ1) is 29.1. The highest BCUT2D eigenvalue weighted by Crippen LogP contribution is 2.16. The second-order valence-electron chi connectivity index (χ2n) is 8.46. The van der Waals surface area contributed by atoms with Crippen LogP contribution in [0.1, 0.15) is 112 Å². The average molecular weight is 440 g/mol. The van der Waals surface area contributed by atoms with E-state index in [0.29, 0.717) is 6.42 Å². The summed E-state index contributed by atoms with van der Waals surface area (Å²) in [6.07, 6.45) is 15.6. The largest absolute Gasteiger partial charge is 0.464 e. The summed E-state index contributed by atoms with van der Waals surface area (Å²) in [5, 5.41) is 2.74. The Labute approximate surface area is 189 Å². The quantitative estimate of drug-likeness (QED) is 0.170. The van der Waals surface area contributed by atoms with Crippen molar-refractivity contribution in [2.45, 2.75) is 124 Å². The van der Waals surface area contributed by atoms with Crippen molar-refractivity contribution in [2.75, 3.05) is 6.61 Å². The van der Waals surface area contributed by atoms with Crippen molar-refractivity contribution in [2.24, 2.45) is 0 Å². The number of allylic oxidation sites excluding steroid dienone is 2. The number of nitrogens with one attached hydrogen (secondary N) is 1. The van der Waals surface area contributed by atoms with Crippen LogP contribution in [0.15, 0.2) is 11.6 Å². The third kappa shape index (κ3) is 18.6. The predicted octanol–water partition coefficient (Wildman–Crippen LogP) is 5.63. The van der Waals surface area contributed by atoms with E-state index in [0.717, 1.165) is 25.7 Å². The molecule has 0 bridgehead atoms. The average Bonchev–Trinajstić information content (AvgIpc) is 2.68. The van der Waals surface area contributed by atoms with Gasteiger partial charge in [-0.05, 0) is 45.4 Å². The number of rotatable bonds is 18. The smallest absolute Gasteiger partial charge is 0.302 e. The van der Waals surface area contributed by atoms with Crippen LogP contribution < -0.4 is 5.32 Å². The number of carbonyl (C=O) groups is 3. The van der Waals surface area contributed by atoms with Crippen LogP contribution in [0.5, 0.6) is 0 Å². The van der Waals surface area contributed by atoms with Gasteiger partial charge in [-0.3, -0.25) is 14.4 Å². The molecular weight excluding hydrogens is 394 g/mol. The topological polar surface area (TPSA) is 81.7 Å². The standard InChI is InChI=1S/C25H45NO5/c1-6-7-8-9-10-13-16-20(2)17-14-11-12-15-18-25(31-23(5)29)24(26-21(3)27)19-30-22(4)28/h17,24-25H,6-16,18-19H2,1-5H3,(H,26,27)/b20-17+/t24-,25-/m0/s1. The number of carbonyl (C=O) groups excluding carboxylic acids is 3. The zero-order valence-corrected chi connectivity index (χ0v) is 20.5. The van der Waals surface area contributed by atoms with Crippen LogP contribution in [0.2, 0.25) is 0 Å².